The minimum absolute atomic E-state index is 0.0820. The smallest absolute Gasteiger partial charge is 0.296 e. The lowest BCUT2D eigenvalue weighted by atomic mass is 9.94. The summed E-state index contributed by atoms with van der Waals surface area (Å²) in [5.41, 5.74) is 0.564. The average molecular weight is 212 g/mol. The fourth-order valence-corrected chi connectivity index (χ4v) is 1.77. The molecule has 0 spiro atoms. The van der Waals surface area contributed by atoms with Crippen LogP contribution in [-0.2, 0) is 17.3 Å². The summed E-state index contributed by atoms with van der Waals surface area (Å²) in [7, 11) is 0. The highest BCUT2D eigenvalue weighted by Crippen LogP contribution is 2.36. The van der Waals surface area contributed by atoms with Crippen LogP contribution in [0.25, 0.3) is 0 Å². The van der Waals surface area contributed by atoms with Gasteiger partial charge in [0.05, 0.1) is 6.61 Å². The highest BCUT2D eigenvalue weighted by molar-refractivity contribution is 5.95. The van der Waals surface area contributed by atoms with E-state index in [-0.39, 0.29) is 18.0 Å². The summed E-state index contributed by atoms with van der Waals surface area (Å²) >= 11 is 0. The third-order valence-corrected chi connectivity index (χ3v) is 2.48. The number of halogens is 2. The van der Waals surface area contributed by atoms with E-state index in [1.54, 1.807) is 6.07 Å². The van der Waals surface area contributed by atoms with Gasteiger partial charge in [0.2, 0.25) is 0 Å². The molecule has 0 saturated carbocycles. The molecule has 0 atom stereocenters. The quantitative estimate of drug-likeness (QED) is 0.668. The number of rotatable bonds is 1. The van der Waals surface area contributed by atoms with E-state index in [2.05, 4.69) is 0 Å². The maximum Gasteiger partial charge on any atom is 0.296 e. The third kappa shape index (κ3) is 1.65. The van der Waals surface area contributed by atoms with Crippen LogP contribution in [0.5, 0.6) is 0 Å². The van der Waals surface area contributed by atoms with Crippen molar-refractivity contribution >= 4 is 5.78 Å². The van der Waals surface area contributed by atoms with Gasteiger partial charge in [0.1, 0.15) is 6.61 Å². The fraction of sp³-hybridized carbons (Fsp3) is 0.364. The lowest BCUT2D eigenvalue weighted by Crippen LogP contribution is -2.28. The summed E-state index contributed by atoms with van der Waals surface area (Å²) in [5, 5.41) is 0. The van der Waals surface area contributed by atoms with Crippen molar-refractivity contribution in [1.82, 2.24) is 0 Å². The van der Waals surface area contributed by atoms with Crippen molar-refractivity contribution < 1.29 is 18.3 Å². The number of benzene rings is 1. The second-order valence-corrected chi connectivity index (χ2v) is 3.59. The molecule has 1 aliphatic rings. The molecule has 1 aromatic carbocycles. The molecule has 1 aromatic rings. The number of Topliss-reactive ketones (excluding diaryl/α,β-unsaturated/α-hetero) is 1. The number of alkyl halides is 2. The van der Waals surface area contributed by atoms with Crippen molar-refractivity contribution in [3.63, 3.8) is 0 Å². The standard InChI is InChI=1S/C11H10F2O2/c1-7(14)8-3-2-4-10-9(8)5-15-6-11(10,12)13/h2-4H,5-6H2,1H3. The predicted octanol–water partition coefficient (Wildman–Crippen LogP) is 2.51. The molecule has 0 aromatic heterocycles. The molecule has 80 valence electrons. The number of ketones is 1. The summed E-state index contributed by atoms with van der Waals surface area (Å²) in [6, 6.07) is 4.38. The molecule has 2 nitrogen and oxygen atoms in total. The van der Waals surface area contributed by atoms with Gasteiger partial charge in [-0.3, -0.25) is 4.79 Å². The van der Waals surface area contributed by atoms with Crippen LogP contribution >= 0.6 is 0 Å². The number of carbonyl (C=O) groups excluding carboxylic acids is 1. The van der Waals surface area contributed by atoms with Gasteiger partial charge in [-0.25, -0.2) is 0 Å². The highest BCUT2D eigenvalue weighted by Gasteiger charge is 2.38. The number of fused-ring (bicyclic) bond motifs is 1. The van der Waals surface area contributed by atoms with Gasteiger partial charge in [-0.05, 0) is 12.5 Å². The second-order valence-electron chi connectivity index (χ2n) is 3.59. The minimum atomic E-state index is -2.99. The Morgan fingerprint density at radius 3 is 2.87 bits per heavy atom. The number of carbonyl (C=O) groups is 1. The molecule has 0 N–H and O–H groups in total. The maximum atomic E-state index is 13.4. The summed E-state index contributed by atoms with van der Waals surface area (Å²) < 4.78 is 31.6. The Balaban J connectivity index is 2.61. The van der Waals surface area contributed by atoms with E-state index in [9.17, 15) is 13.6 Å². The fourth-order valence-electron chi connectivity index (χ4n) is 1.77. The van der Waals surface area contributed by atoms with Crippen LogP contribution in [-0.4, -0.2) is 12.4 Å². The van der Waals surface area contributed by atoms with Crippen LogP contribution in [0, 0.1) is 0 Å². The van der Waals surface area contributed by atoms with Crippen molar-refractivity contribution in [1.29, 1.82) is 0 Å². The molecule has 4 heteroatoms. The van der Waals surface area contributed by atoms with Gasteiger partial charge in [-0.1, -0.05) is 18.2 Å². The maximum absolute atomic E-state index is 13.4. The van der Waals surface area contributed by atoms with Crippen molar-refractivity contribution in [2.24, 2.45) is 0 Å². The molecule has 2 rings (SSSR count). The van der Waals surface area contributed by atoms with Crippen LogP contribution in [0.15, 0.2) is 18.2 Å². The lowest BCUT2D eigenvalue weighted by Gasteiger charge is -2.26. The van der Waals surface area contributed by atoms with Crippen LogP contribution in [0.4, 0.5) is 8.78 Å². The van der Waals surface area contributed by atoms with E-state index in [1.165, 1.54) is 19.1 Å². The molecule has 0 fully saturated rings. The van der Waals surface area contributed by atoms with Gasteiger partial charge in [-0.15, -0.1) is 0 Å². The Hall–Kier alpha value is -1.29. The Morgan fingerprint density at radius 2 is 2.20 bits per heavy atom. The largest absolute Gasteiger partial charge is 0.370 e. The lowest BCUT2D eigenvalue weighted by molar-refractivity contribution is -0.103. The molecule has 1 heterocycles. The Kier molecular flexibility index (Phi) is 2.31. The summed E-state index contributed by atoms with van der Waals surface area (Å²) in [5.74, 6) is -3.20. The van der Waals surface area contributed by atoms with E-state index >= 15 is 0 Å². The summed E-state index contributed by atoms with van der Waals surface area (Å²) in [6.45, 7) is 0.838. The SMILES string of the molecule is CC(=O)c1cccc2c1COCC2(F)F. The van der Waals surface area contributed by atoms with Crippen molar-refractivity contribution in [2.75, 3.05) is 6.61 Å². The molecule has 0 unspecified atom stereocenters. The van der Waals surface area contributed by atoms with Gasteiger partial charge in [-0.2, -0.15) is 8.78 Å². The van der Waals surface area contributed by atoms with E-state index < -0.39 is 12.5 Å². The average Bonchev–Trinajstić information content (AvgIpc) is 2.16. The van der Waals surface area contributed by atoms with Crippen molar-refractivity contribution in [3.05, 3.63) is 34.9 Å². The van der Waals surface area contributed by atoms with Gasteiger partial charge in [0.25, 0.3) is 5.92 Å². The Bertz CT molecular complexity index is 413. The van der Waals surface area contributed by atoms with Crippen LogP contribution < -0.4 is 0 Å². The zero-order valence-corrected chi connectivity index (χ0v) is 8.22. The van der Waals surface area contributed by atoms with Gasteiger partial charge in [0.15, 0.2) is 5.78 Å². The molecule has 0 bridgehead atoms. The van der Waals surface area contributed by atoms with Gasteiger partial charge >= 0.3 is 0 Å². The first kappa shape index (κ1) is 10.2. The number of hydrogen-bond donors (Lipinski definition) is 0. The van der Waals surface area contributed by atoms with Crippen LogP contribution in [0.1, 0.15) is 28.4 Å². The molecule has 0 saturated heterocycles. The van der Waals surface area contributed by atoms with Gasteiger partial charge < -0.3 is 4.74 Å². The highest BCUT2D eigenvalue weighted by atomic mass is 19.3. The number of ether oxygens (including phenoxy) is 1. The second kappa shape index (κ2) is 3.38. The summed E-state index contributed by atoms with van der Waals surface area (Å²) in [6.07, 6.45) is 0. The first-order chi connectivity index (χ1) is 7.02. The molecule has 0 aliphatic carbocycles. The Labute approximate surface area is 85.9 Å². The van der Waals surface area contributed by atoms with Crippen molar-refractivity contribution in [3.8, 4) is 0 Å². The zero-order valence-electron chi connectivity index (χ0n) is 8.22. The molecule has 1 aliphatic heterocycles. The molecule has 0 amide bonds. The van der Waals surface area contributed by atoms with E-state index in [0.717, 1.165) is 0 Å². The number of hydrogen-bond acceptors (Lipinski definition) is 2. The molecular weight excluding hydrogens is 202 g/mol. The predicted molar refractivity (Wildman–Crippen MR) is 50.0 cm³/mol. The summed E-state index contributed by atoms with van der Waals surface area (Å²) in [4.78, 5) is 11.2. The Morgan fingerprint density at radius 1 is 1.47 bits per heavy atom. The third-order valence-electron chi connectivity index (χ3n) is 2.48. The van der Waals surface area contributed by atoms with E-state index in [0.29, 0.717) is 11.1 Å². The molecular formula is C11H10F2O2. The first-order valence-electron chi connectivity index (χ1n) is 4.61. The van der Waals surface area contributed by atoms with Crippen LogP contribution in [0.3, 0.4) is 0 Å². The van der Waals surface area contributed by atoms with E-state index in [1.807, 2.05) is 0 Å². The zero-order chi connectivity index (χ0) is 11.1. The van der Waals surface area contributed by atoms with Gasteiger partial charge in [0, 0.05) is 11.1 Å². The van der Waals surface area contributed by atoms with Crippen LogP contribution in [0.2, 0.25) is 0 Å². The van der Waals surface area contributed by atoms with E-state index in [4.69, 9.17) is 4.74 Å². The van der Waals surface area contributed by atoms with Crippen molar-refractivity contribution in [2.45, 2.75) is 19.5 Å². The molecule has 0 radical (unpaired) electrons. The topological polar surface area (TPSA) is 26.3 Å². The monoisotopic (exact) mass is 212 g/mol. The normalized spacial score (nSPS) is 18.3. The molecule has 15 heavy (non-hydrogen) atoms. The minimum Gasteiger partial charge on any atom is -0.370 e. The first-order valence-corrected chi connectivity index (χ1v) is 4.61.